The van der Waals surface area contributed by atoms with Crippen molar-refractivity contribution in [3.05, 3.63) is 0 Å². The van der Waals surface area contributed by atoms with Crippen LogP contribution in [0, 0.1) is 0 Å². The largest absolute Gasteiger partial charge is 2.00 e. The van der Waals surface area contributed by atoms with Crippen LogP contribution in [0.1, 0.15) is 0 Å². The zero-order valence-corrected chi connectivity index (χ0v) is 15.3. The first kappa shape index (κ1) is 37.3. The van der Waals surface area contributed by atoms with E-state index in [9.17, 15) is 0 Å². The number of carbonyl (C=O) groups excluding carboxylic acids is 4. The van der Waals surface area contributed by atoms with Crippen LogP contribution in [0.5, 0.6) is 0 Å². The van der Waals surface area contributed by atoms with Crippen LogP contribution in [-0.2, 0) is 55.7 Å². The quantitative estimate of drug-likeness (QED) is 0.306. The van der Waals surface area contributed by atoms with Crippen LogP contribution in [0.3, 0.4) is 0 Å². The molecule has 14 heteroatoms. The average molecular weight is 425 g/mol. The third-order valence-corrected chi connectivity index (χ3v) is 0.667. The molecule has 0 aliphatic heterocycles. The maximum absolute atomic E-state index is 9.13. The summed E-state index contributed by atoms with van der Waals surface area (Å²) in [5, 5.41) is 36.5. The molecule has 0 aliphatic carbocycles. The first-order chi connectivity index (χ1) is 9.08. The van der Waals surface area contributed by atoms with Gasteiger partial charge in [-0.25, -0.2) is 0 Å². The molecule has 1 radical (unpaired) electrons. The van der Waals surface area contributed by atoms with E-state index in [1.54, 1.807) is 0 Å². The normalized spacial score (nSPS) is 6.73. The van der Waals surface area contributed by atoms with E-state index in [4.69, 9.17) is 39.6 Å². The Bertz CT molecular complexity index is 239. The fourth-order valence-electron chi connectivity index (χ4n) is 0. The van der Waals surface area contributed by atoms with E-state index < -0.39 is 23.9 Å². The second-order valence-electron chi connectivity index (χ2n) is 2.30. The molecule has 0 aromatic carbocycles. The van der Waals surface area contributed by atoms with Gasteiger partial charge < -0.3 is 62.5 Å². The molecule has 0 heterocycles. The molecular formula is C8H16CuN4O8Zn. The zero-order chi connectivity index (χ0) is 17.1. The average Bonchev–Trinajstić information content (AvgIpc) is 2.40. The van der Waals surface area contributed by atoms with Gasteiger partial charge in [0.05, 0.1) is 23.9 Å². The van der Waals surface area contributed by atoms with Gasteiger partial charge in [0.1, 0.15) is 0 Å². The van der Waals surface area contributed by atoms with Gasteiger partial charge in [-0.1, -0.05) is 0 Å². The maximum atomic E-state index is 9.13. The van der Waals surface area contributed by atoms with Crippen LogP contribution < -0.4 is 43.4 Å². The minimum Gasteiger partial charge on any atom is -0.549 e. The van der Waals surface area contributed by atoms with Crippen molar-refractivity contribution in [2.45, 2.75) is 0 Å². The SMILES string of the molecule is NCC(=O)[O-].NCC(=O)[O-].NCC(=O)[O-].NCC(=O)[O-].[Cu+2].[Zn+2]. The van der Waals surface area contributed by atoms with Crippen molar-refractivity contribution in [2.24, 2.45) is 22.9 Å². The molecule has 0 amide bonds. The maximum Gasteiger partial charge on any atom is 2.00 e. The molecule has 0 aliphatic rings. The molecule has 0 rings (SSSR count). The van der Waals surface area contributed by atoms with Crippen LogP contribution in [-0.4, -0.2) is 50.1 Å². The van der Waals surface area contributed by atoms with E-state index in [2.05, 4.69) is 22.9 Å². The van der Waals surface area contributed by atoms with E-state index in [1.165, 1.54) is 0 Å². The molecule has 8 N–H and O–H groups in total. The standard InChI is InChI=1S/4C2H5NO2.Cu.Zn/c4*3-1-2(4)5;;/h4*1,3H2,(H,4,5);;/q;;;;2*+2/p-4. The molecule has 0 atom stereocenters. The minimum atomic E-state index is -1.22. The van der Waals surface area contributed by atoms with Gasteiger partial charge in [-0.2, -0.15) is 0 Å². The van der Waals surface area contributed by atoms with Gasteiger partial charge in [0, 0.05) is 26.2 Å². The number of carboxylic acids is 4. The smallest absolute Gasteiger partial charge is 0.549 e. The Labute approximate surface area is 149 Å². The van der Waals surface area contributed by atoms with Crippen molar-refractivity contribution >= 4 is 23.9 Å². The predicted molar refractivity (Wildman–Crippen MR) is 56.2 cm³/mol. The fraction of sp³-hybridized carbons (Fsp3) is 0.500. The van der Waals surface area contributed by atoms with E-state index >= 15 is 0 Å². The molecule has 12 nitrogen and oxygen atoms in total. The molecule has 0 saturated carbocycles. The van der Waals surface area contributed by atoms with Gasteiger partial charge in [-0.15, -0.1) is 0 Å². The first-order valence-electron chi connectivity index (χ1n) is 4.68. The number of hydrogen-bond donors (Lipinski definition) is 4. The Morgan fingerprint density at radius 1 is 0.545 bits per heavy atom. The molecule has 0 unspecified atom stereocenters. The first-order valence-corrected chi connectivity index (χ1v) is 4.68. The molecule has 129 valence electrons. The number of carboxylic acid groups (broad SMARTS) is 4. The second-order valence-corrected chi connectivity index (χ2v) is 2.30. The summed E-state index contributed by atoms with van der Waals surface area (Å²) in [4.78, 5) is 36.5. The Balaban J connectivity index is -0.0000000376. The van der Waals surface area contributed by atoms with Crippen molar-refractivity contribution in [1.29, 1.82) is 0 Å². The molecule has 0 fully saturated rings. The topological polar surface area (TPSA) is 265 Å². The van der Waals surface area contributed by atoms with Crippen LogP contribution >= 0.6 is 0 Å². The third kappa shape index (κ3) is 128. The van der Waals surface area contributed by atoms with Gasteiger partial charge in [0.15, 0.2) is 0 Å². The van der Waals surface area contributed by atoms with Crippen LogP contribution in [0.2, 0.25) is 0 Å². The van der Waals surface area contributed by atoms with E-state index in [0.29, 0.717) is 0 Å². The Hall–Kier alpha value is -1.14. The molecule has 0 bridgehead atoms. The van der Waals surface area contributed by atoms with Crippen LogP contribution in [0.4, 0.5) is 0 Å². The van der Waals surface area contributed by atoms with Gasteiger partial charge >= 0.3 is 36.5 Å². The van der Waals surface area contributed by atoms with Gasteiger partial charge in [-0.3, -0.25) is 0 Å². The monoisotopic (exact) mass is 423 g/mol. The molecule has 0 saturated heterocycles. The second kappa shape index (κ2) is 32.0. The molecule has 0 spiro atoms. The summed E-state index contributed by atoms with van der Waals surface area (Å²) in [5.41, 5.74) is 18.0. The number of rotatable bonds is 4. The molecule has 22 heavy (non-hydrogen) atoms. The van der Waals surface area contributed by atoms with E-state index in [1.807, 2.05) is 0 Å². The summed E-state index contributed by atoms with van der Waals surface area (Å²) in [5.74, 6) is -4.87. The summed E-state index contributed by atoms with van der Waals surface area (Å²) < 4.78 is 0. The number of carbonyl (C=O) groups is 4. The van der Waals surface area contributed by atoms with Gasteiger partial charge in [-0.05, 0) is 0 Å². The fourth-order valence-corrected chi connectivity index (χ4v) is 0. The van der Waals surface area contributed by atoms with Crippen LogP contribution in [0.15, 0.2) is 0 Å². The zero-order valence-electron chi connectivity index (χ0n) is 11.4. The van der Waals surface area contributed by atoms with Crippen molar-refractivity contribution < 1.29 is 76.2 Å². The Kier molecular flexibility index (Phi) is 54.2. The van der Waals surface area contributed by atoms with E-state index in [0.717, 1.165) is 0 Å². The van der Waals surface area contributed by atoms with Gasteiger partial charge in [0.2, 0.25) is 0 Å². The minimum absolute atomic E-state index is 0. The summed E-state index contributed by atoms with van der Waals surface area (Å²) in [6, 6.07) is 0. The Morgan fingerprint density at radius 2 is 0.591 bits per heavy atom. The molecule has 0 aromatic heterocycles. The summed E-state index contributed by atoms with van der Waals surface area (Å²) in [7, 11) is 0. The van der Waals surface area contributed by atoms with E-state index in [-0.39, 0.29) is 62.7 Å². The summed E-state index contributed by atoms with van der Waals surface area (Å²) in [6.07, 6.45) is 0. The van der Waals surface area contributed by atoms with Crippen molar-refractivity contribution in [3.63, 3.8) is 0 Å². The number of nitrogens with two attached hydrogens (primary N) is 4. The van der Waals surface area contributed by atoms with Gasteiger partial charge in [0.25, 0.3) is 0 Å². The van der Waals surface area contributed by atoms with Crippen molar-refractivity contribution in [3.8, 4) is 0 Å². The van der Waals surface area contributed by atoms with Crippen molar-refractivity contribution in [2.75, 3.05) is 26.2 Å². The Morgan fingerprint density at radius 3 is 0.591 bits per heavy atom. The summed E-state index contributed by atoms with van der Waals surface area (Å²) >= 11 is 0. The third-order valence-electron chi connectivity index (χ3n) is 0.667. The predicted octanol–water partition coefficient (Wildman–Crippen LogP) is -9.23. The number of aliphatic carboxylic acids is 4. The number of hydrogen-bond acceptors (Lipinski definition) is 12. The molecule has 0 aromatic rings. The molecular weight excluding hydrogens is 409 g/mol. The van der Waals surface area contributed by atoms with Crippen LogP contribution in [0.25, 0.3) is 0 Å². The van der Waals surface area contributed by atoms with Crippen molar-refractivity contribution in [1.82, 2.24) is 0 Å². The summed E-state index contributed by atoms with van der Waals surface area (Å²) in [6.45, 7) is -1.56.